The van der Waals surface area contributed by atoms with Gasteiger partial charge in [-0.1, -0.05) is 6.07 Å². The first-order chi connectivity index (χ1) is 11.9. The summed E-state index contributed by atoms with van der Waals surface area (Å²) in [5, 5.41) is 2.77. The average molecular weight is 344 g/mol. The van der Waals surface area contributed by atoms with Crippen molar-refractivity contribution in [1.29, 1.82) is 0 Å². The molecule has 1 saturated carbocycles. The maximum Gasteiger partial charge on any atom is 0.252 e. The number of amides is 1. The van der Waals surface area contributed by atoms with Crippen LogP contribution in [0, 0.1) is 11.7 Å². The summed E-state index contributed by atoms with van der Waals surface area (Å²) in [4.78, 5) is 23.9. The topological polar surface area (TPSA) is 60.3 Å². The minimum absolute atomic E-state index is 0.237. The van der Waals surface area contributed by atoms with Crippen molar-refractivity contribution in [1.82, 2.24) is 9.88 Å². The molecule has 0 spiro atoms. The molecule has 1 aliphatic rings. The molecule has 1 aliphatic carbocycles. The van der Waals surface area contributed by atoms with Crippen LogP contribution < -0.4 is 15.6 Å². The standard InChI is InChI=1S/C19H21FN2O3/c1-12(21-19(24)15-7-8-22(2)18(23)10-15)14-5-6-17(16(20)9-14)25-11-13-3-4-13/h5-10,12-13H,3-4,11H2,1-2H3,(H,21,24)/t12-/m1/s1. The van der Waals surface area contributed by atoms with Crippen LogP contribution in [-0.2, 0) is 7.05 Å². The minimum Gasteiger partial charge on any atom is -0.490 e. The fraction of sp³-hybridized carbons (Fsp3) is 0.368. The van der Waals surface area contributed by atoms with Crippen molar-refractivity contribution in [2.24, 2.45) is 13.0 Å². The highest BCUT2D eigenvalue weighted by atomic mass is 19.1. The Morgan fingerprint density at radius 2 is 2.12 bits per heavy atom. The third-order valence-electron chi connectivity index (χ3n) is 4.34. The van der Waals surface area contributed by atoms with Gasteiger partial charge in [0.25, 0.3) is 11.5 Å². The van der Waals surface area contributed by atoms with Crippen LogP contribution in [-0.4, -0.2) is 17.1 Å². The van der Waals surface area contributed by atoms with Gasteiger partial charge < -0.3 is 14.6 Å². The average Bonchev–Trinajstić information content (AvgIpc) is 3.40. The fourth-order valence-electron chi connectivity index (χ4n) is 2.45. The van der Waals surface area contributed by atoms with Crippen molar-refractivity contribution in [2.45, 2.75) is 25.8 Å². The van der Waals surface area contributed by atoms with Crippen molar-refractivity contribution >= 4 is 5.91 Å². The number of aryl methyl sites for hydroxylation is 1. The number of benzene rings is 1. The molecule has 1 heterocycles. The number of halogens is 1. The van der Waals surface area contributed by atoms with Crippen LogP contribution in [0.1, 0.15) is 41.7 Å². The second-order valence-corrected chi connectivity index (χ2v) is 6.50. The van der Waals surface area contributed by atoms with Crippen molar-refractivity contribution in [2.75, 3.05) is 6.61 Å². The van der Waals surface area contributed by atoms with Crippen molar-refractivity contribution < 1.29 is 13.9 Å². The molecule has 6 heteroatoms. The molecule has 3 rings (SSSR count). The second kappa shape index (κ2) is 7.09. The number of ether oxygens (including phenoxy) is 1. The van der Waals surface area contributed by atoms with Gasteiger partial charge in [0.05, 0.1) is 12.6 Å². The first kappa shape index (κ1) is 17.2. The van der Waals surface area contributed by atoms with Gasteiger partial charge in [-0.25, -0.2) is 4.39 Å². The number of hydrogen-bond acceptors (Lipinski definition) is 3. The lowest BCUT2D eigenvalue weighted by Gasteiger charge is -2.16. The number of pyridine rings is 1. The summed E-state index contributed by atoms with van der Waals surface area (Å²) in [6, 6.07) is 7.14. The van der Waals surface area contributed by atoms with Crippen LogP contribution in [0.5, 0.6) is 5.75 Å². The molecule has 0 saturated heterocycles. The van der Waals surface area contributed by atoms with Crippen LogP contribution in [0.25, 0.3) is 0 Å². The zero-order valence-corrected chi connectivity index (χ0v) is 14.3. The molecule has 2 aromatic rings. The Labute approximate surface area is 145 Å². The Bertz CT molecular complexity index is 843. The van der Waals surface area contributed by atoms with E-state index in [0.717, 1.165) is 12.8 Å². The lowest BCUT2D eigenvalue weighted by atomic mass is 10.1. The van der Waals surface area contributed by atoms with Gasteiger partial charge in [-0.2, -0.15) is 0 Å². The monoisotopic (exact) mass is 344 g/mol. The molecule has 0 bridgehead atoms. The molecular formula is C19H21FN2O3. The van der Waals surface area contributed by atoms with Crippen LogP contribution in [0.4, 0.5) is 4.39 Å². The van der Waals surface area contributed by atoms with E-state index in [2.05, 4.69) is 5.32 Å². The summed E-state index contributed by atoms with van der Waals surface area (Å²) in [5.41, 5.74) is 0.650. The Morgan fingerprint density at radius 1 is 1.36 bits per heavy atom. The van der Waals surface area contributed by atoms with Crippen LogP contribution in [0.3, 0.4) is 0 Å². The predicted molar refractivity (Wildman–Crippen MR) is 92.2 cm³/mol. The normalized spacial score (nSPS) is 14.8. The van der Waals surface area contributed by atoms with Gasteiger partial charge in [0.2, 0.25) is 0 Å². The minimum atomic E-state index is -0.437. The molecular weight excluding hydrogens is 323 g/mol. The number of nitrogens with zero attached hydrogens (tertiary/aromatic N) is 1. The predicted octanol–water partition coefficient (Wildman–Crippen LogP) is 2.80. The van der Waals surface area contributed by atoms with Crippen LogP contribution in [0.2, 0.25) is 0 Å². The lowest BCUT2D eigenvalue weighted by Crippen LogP contribution is -2.28. The Hall–Kier alpha value is -2.63. The van der Waals surface area contributed by atoms with E-state index in [1.807, 2.05) is 0 Å². The van der Waals surface area contributed by atoms with E-state index in [0.29, 0.717) is 18.1 Å². The van der Waals surface area contributed by atoms with Crippen molar-refractivity contribution in [3.05, 3.63) is 63.8 Å². The molecule has 5 nitrogen and oxygen atoms in total. The second-order valence-electron chi connectivity index (χ2n) is 6.50. The number of hydrogen-bond donors (Lipinski definition) is 1. The molecule has 1 aromatic carbocycles. The van der Waals surface area contributed by atoms with E-state index in [1.165, 1.54) is 22.9 Å². The summed E-state index contributed by atoms with van der Waals surface area (Å²) in [5.74, 6) is -0.0240. The SMILES string of the molecule is C[C@@H](NC(=O)c1ccn(C)c(=O)c1)c1ccc(OCC2CC2)c(F)c1. The summed E-state index contributed by atoms with van der Waals surface area (Å²) >= 11 is 0. The van der Waals surface area contributed by atoms with Gasteiger partial charge in [0.15, 0.2) is 11.6 Å². The summed E-state index contributed by atoms with van der Waals surface area (Å²) in [7, 11) is 1.61. The Kier molecular flexibility index (Phi) is 4.88. The molecule has 1 fully saturated rings. The summed E-state index contributed by atoms with van der Waals surface area (Å²) in [6.45, 7) is 2.31. The van der Waals surface area contributed by atoms with Crippen LogP contribution in [0.15, 0.2) is 41.3 Å². The molecule has 1 N–H and O–H groups in total. The third kappa shape index (κ3) is 4.26. The zero-order chi connectivity index (χ0) is 18.0. The third-order valence-corrected chi connectivity index (χ3v) is 4.34. The molecule has 0 aliphatic heterocycles. The van der Waals surface area contributed by atoms with E-state index in [9.17, 15) is 14.0 Å². The molecule has 25 heavy (non-hydrogen) atoms. The summed E-state index contributed by atoms with van der Waals surface area (Å²) < 4.78 is 21.0. The van der Waals surface area contributed by atoms with Gasteiger partial charge in [-0.15, -0.1) is 0 Å². The van der Waals surface area contributed by atoms with Gasteiger partial charge in [-0.05, 0) is 49.4 Å². The first-order valence-corrected chi connectivity index (χ1v) is 8.34. The quantitative estimate of drug-likeness (QED) is 0.877. The Balaban J connectivity index is 1.66. The smallest absolute Gasteiger partial charge is 0.252 e. The van der Waals surface area contributed by atoms with Crippen LogP contribution >= 0.6 is 0 Å². The Morgan fingerprint density at radius 3 is 2.76 bits per heavy atom. The molecule has 0 radical (unpaired) electrons. The molecule has 1 atom stereocenters. The van der Waals surface area contributed by atoms with Gasteiger partial charge in [0, 0.05) is 24.9 Å². The highest BCUT2D eigenvalue weighted by Crippen LogP contribution is 2.30. The number of aromatic nitrogens is 1. The number of nitrogens with one attached hydrogen (secondary N) is 1. The lowest BCUT2D eigenvalue weighted by molar-refractivity contribution is 0.0939. The number of rotatable bonds is 6. The number of carbonyl (C=O) groups is 1. The van der Waals surface area contributed by atoms with Crippen molar-refractivity contribution in [3.63, 3.8) is 0 Å². The molecule has 1 aromatic heterocycles. The summed E-state index contributed by atoms with van der Waals surface area (Å²) in [6.07, 6.45) is 3.82. The maximum atomic E-state index is 14.2. The zero-order valence-electron chi connectivity index (χ0n) is 14.3. The molecule has 1 amide bonds. The van der Waals surface area contributed by atoms with Gasteiger partial charge >= 0.3 is 0 Å². The van der Waals surface area contributed by atoms with Gasteiger partial charge in [0.1, 0.15) is 0 Å². The molecule has 0 unspecified atom stereocenters. The van der Waals surface area contributed by atoms with E-state index >= 15 is 0 Å². The van der Waals surface area contributed by atoms with Gasteiger partial charge in [-0.3, -0.25) is 9.59 Å². The maximum absolute atomic E-state index is 14.2. The van der Waals surface area contributed by atoms with E-state index in [-0.39, 0.29) is 22.8 Å². The first-order valence-electron chi connectivity index (χ1n) is 8.34. The molecule has 132 valence electrons. The number of carbonyl (C=O) groups excluding carboxylic acids is 1. The van der Waals surface area contributed by atoms with E-state index in [1.54, 1.807) is 32.2 Å². The van der Waals surface area contributed by atoms with E-state index in [4.69, 9.17) is 4.74 Å². The fourth-order valence-corrected chi connectivity index (χ4v) is 2.45. The highest BCUT2D eigenvalue weighted by Gasteiger charge is 2.22. The highest BCUT2D eigenvalue weighted by molar-refractivity contribution is 5.94. The van der Waals surface area contributed by atoms with E-state index < -0.39 is 11.9 Å². The largest absolute Gasteiger partial charge is 0.490 e. The van der Waals surface area contributed by atoms with Crippen molar-refractivity contribution in [3.8, 4) is 5.75 Å².